The maximum absolute atomic E-state index is 12.4. The van der Waals surface area contributed by atoms with E-state index in [0.29, 0.717) is 15.5 Å². The van der Waals surface area contributed by atoms with Crippen LogP contribution in [0.15, 0.2) is 52.7 Å². The number of methoxy groups -OCH3 is 1. The number of thiophene rings is 2. The Kier molecular flexibility index (Phi) is 5.79. The van der Waals surface area contributed by atoms with Crippen LogP contribution in [0.25, 0.3) is 0 Å². The molecule has 1 aromatic carbocycles. The predicted molar refractivity (Wildman–Crippen MR) is 104 cm³/mol. The van der Waals surface area contributed by atoms with Gasteiger partial charge in [0.15, 0.2) is 0 Å². The molecule has 0 unspecified atom stereocenters. The van der Waals surface area contributed by atoms with Crippen molar-refractivity contribution in [2.75, 3.05) is 7.11 Å². The lowest BCUT2D eigenvalue weighted by Crippen LogP contribution is -2.22. The van der Waals surface area contributed by atoms with Crippen molar-refractivity contribution in [1.29, 1.82) is 0 Å². The molecular weight excluding hydrogens is 414 g/mol. The Morgan fingerprint density at radius 1 is 1.19 bits per heavy atom. The van der Waals surface area contributed by atoms with Crippen LogP contribution in [0, 0.1) is 0 Å². The zero-order valence-electron chi connectivity index (χ0n) is 13.6. The Bertz CT molecular complexity index is 1030. The Balaban J connectivity index is 1.70. The van der Waals surface area contributed by atoms with E-state index in [9.17, 15) is 13.2 Å². The van der Waals surface area contributed by atoms with Crippen molar-refractivity contribution >= 4 is 50.1 Å². The van der Waals surface area contributed by atoms with Crippen molar-refractivity contribution in [2.45, 2.75) is 11.4 Å². The number of ether oxygens (including phenoxy) is 1. The molecule has 0 bridgehead atoms. The molecule has 3 aromatic rings. The zero-order valence-corrected chi connectivity index (χ0v) is 16.8. The number of rotatable bonds is 7. The molecule has 0 radical (unpaired) electrons. The summed E-state index contributed by atoms with van der Waals surface area (Å²) in [5.41, 5.74) is 0. The van der Waals surface area contributed by atoms with Crippen LogP contribution in [0.2, 0.25) is 5.02 Å². The maximum Gasteiger partial charge on any atom is 0.240 e. The summed E-state index contributed by atoms with van der Waals surface area (Å²) in [6.45, 7) is 0.0916. The third-order valence-electron chi connectivity index (χ3n) is 3.50. The van der Waals surface area contributed by atoms with Crippen molar-refractivity contribution in [3.8, 4) is 5.75 Å². The minimum atomic E-state index is -3.73. The summed E-state index contributed by atoms with van der Waals surface area (Å²) in [5, 5.41) is 2.06. The van der Waals surface area contributed by atoms with Crippen LogP contribution in [0.1, 0.15) is 19.4 Å². The Labute approximate surface area is 164 Å². The van der Waals surface area contributed by atoms with E-state index in [1.54, 1.807) is 18.2 Å². The van der Waals surface area contributed by atoms with E-state index >= 15 is 0 Å². The van der Waals surface area contributed by atoms with Gasteiger partial charge < -0.3 is 4.74 Å². The Morgan fingerprint density at radius 3 is 2.65 bits per heavy atom. The van der Waals surface area contributed by atoms with Crippen LogP contribution >= 0.6 is 34.3 Å². The van der Waals surface area contributed by atoms with Crippen LogP contribution < -0.4 is 9.46 Å². The molecule has 2 heterocycles. The van der Waals surface area contributed by atoms with Crippen LogP contribution in [0.4, 0.5) is 0 Å². The molecule has 1 N–H and O–H groups in total. The van der Waals surface area contributed by atoms with Crippen LogP contribution in [-0.2, 0) is 16.6 Å². The molecule has 0 saturated heterocycles. The van der Waals surface area contributed by atoms with Gasteiger partial charge in [-0.2, -0.15) is 0 Å². The van der Waals surface area contributed by atoms with E-state index in [-0.39, 0.29) is 22.2 Å². The maximum atomic E-state index is 12.4. The summed E-state index contributed by atoms with van der Waals surface area (Å²) in [4.78, 5) is 14.3. The first kappa shape index (κ1) is 19.1. The summed E-state index contributed by atoms with van der Waals surface area (Å²) in [7, 11) is -2.27. The zero-order chi connectivity index (χ0) is 18.7. The lowest BCUT2D eigenvalue weighted by atomic mass is 10.3. The summed E-state index contributed by atoms with van der Waals surface area (Å²) in [6, 6.07) is 11.3. The molecular formula is C17H14ClNO4S3. The topological polar surface area (TPSA) is 72.5 Å². The number of halogens is 1. The molecule has 0 spiro atoms. The number of ketones is 1. The molecule has 3 rings (SSSR count). The number of carbonyl (C=O) groups excluding carboxylic acids is 1. The van der Waals surface area contributed by atoms with Crippen molar-refractivity contribution < 1.29 is 17.9 Å². The van der Waals surface area contributed by atoms with Gasteiger partial charge in [-0.05, 0) is 41.8 Å². The van der Waals surface area contributed by atoms with E-state index in [0.717, 1.165) is 4.88 Å². The molecule has 0 fully saturated rings. The van der Waals surface area contributed by atoms with Crippen molar-refractivity contribution in [3.05, 3.63) is 67.5 Å². The van der Waals surface area contributed by atoms with E-state index in [4.69, 9.17) is 16.3 Å². The fourth-order valence-corrected chi connectivity index (χ4v) is 5.28. The molecule has 9 heteroatoms. The molecule has 0 saturated carbocycles. The number of benzene rings is 1. The van der Waals surface area contributed by atoms with E-state index in [1.165, 1.54) is 48.0 Å². The summed E-state index contributed by atoms with van der Waals surface area (Å²) in [6.07, 6.45) is 0. The van der Waals surface area contributed by atoms with Gasteiger partial charge in [0.25, 0.3) is 0 Å². The molecule has 0 amide bonds. The summed E-state index contributed by atoms with van der Waals surface area (Å²) < 4.78 is 32.4. The highest BCUT2D eigenvalue weighted by molar-refractivity contribution is 7.89. The van der Waals surface area contributed by atoms with Gasteiger partial charge in [0.1, 0.15) is 5.75 Å². The van der Waals surface area contributed by atoms with E-state index in [1.807, 2.05) is 11.4 Å². The SMILES string of the molecule is COc1ccc(S(=O)(=O)NCc2ccc(C(=O)c3cccs3)s2)cc1Cl. The van der Waals surface area contributed by atoms with Gasteiger partial charge in [-0.3, -0.25) is 4.79 Å². The average Bonchev–Trinajstić information content (AvgIpc) is 3.31. The van der Waals surface area contributed by atoms with Crippen LogP contribution in [-0.4, -0.2) is 21.3 Å². The van der Waals surface area contributed by atoms with Gasteiger partial charge in [-0.15, -0.1) is 22.7 Å². The van der Waals surface area contributed by atoms with E-state index < -0.39 is 10.0 Å². The second-order valence-electron chi connectivity index (χ2n) is 5.19. The number of hydrogen-bond acceptors (Lipinski definition) is 6. The number of carbonyl (C=O) groups is 1. The first-order chi connectivity index (χ1) is 12.4. The second kappa shape index (κ2) is 7.89. The van der Waals surface area contributed by atoms with Gasteiger partial charge in [0.05, 0.1) is 26.8 Å². The van der Waals surface area contributed by atoms with Gasteiger partial charge in [0, 0.05) is 11.4 Å². The summed E-state index contributed by atoms with van der Waals surface area (Å²) in [5.74, 6) is 0.349. The molecule has 0 aliphatic rings. The largest absolute Gasteiger partial charge is 0.495 e. The molecule has 26 heavy (non-hydrogen) atoms. The molecule has 5 nitrogen and oxygen atoms in total. The Hall–Kier alpha value is -1.71. The number of nitrogens with one attached hydrogen (secondary N) is 1. The van der Waals surface area contributed by atoms with Gasteiger partial charge in [-0.25, -0.2) is 13.1 Å². The van der Waals surface area contributed by atoms with Crippen molar-refractivity contribution in [1.82, 2.24) is 4.72 Å². The lowest BCUT2D eigenvalue weighted by Gasteiger charge is -2.08. The monoisotopic (exact) mass is 427 g/mol. The van der Waals surface area contributed by atoms with Gasteiger partial charge in [0.2, 0.25) is 15.8 Å². The third-order valence-corrected chi connectivity index (χ3v) is 7.15. The van der Waals surface area contributed by atoms with Crippen molar-refractivity contribution in [3.63, 3.8) is 0 Å². The average molecular weight is 428 g/mol. The fourth-order valence-electron chi connectivity index (χ4n) is 2.19. The summed E-state index contributed by atoms with van der Waals surface area (Å²) >= 11 is 8.63. The molecule has 2 aromatic heterocycles. The normalized spacial score (nSPS) is 11.5. The highest BCUT2D eigenvalue weighted by Crippen LogP contribution is 2.27. The minimum Gasteiger partial charge on any atom is -0.495 e. The van der Waals surface area contributed by atoms with E-state index in [2.05, 4.69) is 4.72 Å². The third kappa shape index (κ3) is 4.16. The van der Waals surface area contributed by atoms with Crippen molar-refractivity contribution in [2.24, 2.45) is 0 Å². The van der Waals surface area contributed by atoms with Gasteiger partial charge in [-0.1, -0.05) is 17.7 Å². The smallest absolute Gasteiger partial charge is 0.240 e. The quantitative estimate of drug-likeness (QED) is 0.574. The predicted octanol–water partition coefficient (Wildman–Crippen LogP) is 4.18. The first-order valence-corrected chi connectivity index (χ1v) is 11.0. The first-order valence-electron chi connectivity index (χ1n) is 7.41. The fraction of sp³-hybridized carbons (Fsp3) is 0.118. The highest BCUT2D eigenvalue weighted by Gasteiger charge is 2.17. The molecule has 0 aliphatic heterocycles. The van der Waals surface area contributed by atoms with Crippen LogP contribution in [0.5, 0.6) is 5.75 Å². The van der Waals surface area contributed by atoms with Crippen LogP contribution in [0.3, 0.4) is 0 Å². The standard InChI is InChI=1S/C17H14ClNO4S3/c1-23-14-6-5-12(9-13(14)18)26(21,22)19-10-11-4-7-16(25-11)17(20)15-3-2-8-24-15/h2-9,19H,10H2,1H3. The lowest BCUT2D eigenvalue weighted by molar-refractivity contribution is 0.104. The number of hydrogen-bond donors (Lipinski definition) is 1. The second-order valence-corrected chi connectivity index (χ2v) is 9.48. The number of sulfonamides is 1. The highest BCUT2D eigenvalue weighted by atomic mass is 35.5. The molecule has 0 atom stereocenters. The molecule has 136 valence electrons. The Morgan fingerprint density at radius 2 is 2.00 bits per heavy atom. The molecule has 0 aliphatic carbocycles. The van der Waals surface area contributed by atoms with Gasteiger partial charge >= 0.3 is 0 Å². The minimum absolute atomic E-state index is 0.0507.